The smallest absolute Gasteiger partial charge is 0.123 e. The highest BCUT2D eigenvalue weighted by Gasteiger charge is 2.09. The Morgan fingerprint density at radius 2 is 2.11 bits per heavy atom. The highest BCUT2D eigenvalue weighted by atomic mass is 35.5. The van der Waals surface area contributed by atoms with Crippen LogP contribution >= 0.6 is 23.7 Å². The molecular formula is C14H19ClFNOS. The molecule has 1 N–H and O–H groups in total. The summed E-state index contributed by atoms with van der Waals surface area (Å²) in [6.07, 6.45) is 1.05. The van der Waals surface area contributed by atoms with Crippen LogP contribution in [0.3, 0.4) is 0 Å². The molecule has 2 rings (SSSR count). The molecule has 2 aromatic rings. The molecule has 0 unspecified atom stereocenters. The van der Waals surface area contributed by atoms with Gasteiger partial charge in [0, 0.05) is 17.8 Å². The van der Waals surface area contributed by atoms with E-state index in [4.69, 9.17) is 5.11 Å². The average molecular weight is 304 g/mol. The molecular weight excluding hydrogens is 285 g/mol. The molecule has 2 nitrogen and oxygen atoms in total. The Morgan fingerprint density at radius 3 is 2.79 bits per heavy atom. The maximum Gasteiger partial charge on any atom is 0.123 e. The molecule has 0 radical (unpaired) electrons. The third-order valence-corrected chi connectivity index (χ3v) is 3.98. The highest BCUT2D eigenvalue weighted by Crippen LogP contribution is 2.27. The zero-order chi connectivity index (χ0) is 13.0. The summed E-state index contributed by atoms with van der Waals surface area (Å²) in [4.78, 5) is 2.20. The van der Waals surface area contributed by atoms with Gasteiger partial charge in [0.05, 0.1) is 6.61 Å². The number of benzene rings is 1. The summed E-state index contributed by atoms with van der Waals surface area (Å²) in [5.74, 6) is -0.189. The minimum atomic E-state index is -0.189. The van der Waals surface area contributed by atoms with Gasteiger partial charge in [-0.05, 0) is 47.5 Å². The van der Waals surface area contributed by atoms with Crippen LogP contribution in [-0.4, -0.2) is 29.7 Å². The second kappa shape index (κ2) is 7.80. The number of hydrogen-bond donors (Lipinski definition) is 1. The van der Waals surface area contributed by atoms with Crippen LogP contribution in [0.25, 0.3) is 10.1 Å². The molecule has 1 aromatic carbocycles. The van der Waals surface area contributed by atoms with Gasteiger partial charge in [-0.25, -0.2) is 4.39 Å². The molecule has 0 amide bonds. The Kier molecular flexibility index (Phi) is 6.72. The number of thiophene rings is 1. The van der Waals surface area contributed by atoms with Gasteiger partial charge in [-0.15, -0.1) is 23.7 Å². The van der Waals surface area contributed by atoms with E-state index < -0.39 is 0 Å². The molecule has 0 aliphatic carbocycles. The fourth-order valence-corrected chi connectivity index (χ4v) is 3.08. The number of fused-ring (bicyclic) bond motifs is 1. The molecule has 0 bridgehead atoms. The SMILES string of the molecule is CCCN(CCO)Cc1csc2ccc(F)cc12.Cl. The summed E-state index contributed by atoms with van der Waals surface area (Å²) >= 11 is 1.64. The van der Waals surface area contributed by atoms with E-state index in [-0.39, 0.29) is 24.8 Å². The van der Waals surface area contributed by atoms with Crippen molar-refractivity contribution in [1.82, 2.24) is 4.90 Å². The van der Waals surface area contributed by atoms with Crippen molar-refractivity contribution in [3.05, 3.63) is 35.0 Å². The minimum Gasteiger partial charge on any atom is -0.395 e. The van der Waals surface area contributed by atoms with Crippen LogP contribution in [0, 0.1) is 5.82 Å². The number of nitrogens with zero attached hydrogens (tertiary/aromatic N) is 1. The predicted octanol–water partition coefficient (Wildman–Crippen LogP) is 3.67. The minimum absolute atomic E-state index is 0. The maximum atomic E-state index is 13.3. The Hall–Kier alpha value is -0.680. The van der Waals surface area contributed by atoms with Gasteiger partial charge in [0.15, 0.2) is 0 Å². The first-order chi connectivity index (χ1) is 8.74. The zero-order valence-corrected chi connectivity index (χ0v) is 12.6. The van der Waals surface area contributed by atoms with Crippen molar-refractivity contribution in [3.63, 3.8) is 0 Å². The van der Waals surface area contributed by atoms with Gasteiger partial charge >= 0.3 is 0 Å². The van der Waals surface area contributed by atoms with Crippen LogP contribution in [-0.2, 0) is 6.54 Å². The first kappa shape index (κ1) is 16.4. The quantitative estimate of drug-likeness (QED) is 0.880. The Bertz CT molecular complexity index is 511. The summed E-state index contributed by atoms with van der Waals surface area (Å²) in [5, 5.41) is 12.1. The van der Waals surface area contributed by atoms with Gasteiger partial charge in [-0.2, -0.15) is 0 Å². The van der Waals surface area contributed by atoms with Gasteiger partial charge in [-0.3, -0.25) is 4.90 Å². The molecule has 1 heterocycles. The monoisotopic (exact) mass is 303 g/mol. The molecule has 0 fully saturated rings. The van der Waals surface area contributed by atoms with Crippen LogP contribution in [0.1, 0.15) is 18.9 Å². The van der Waals surface area contributed by atoms with Crippen LogP contribution in [0.4, 0.5) is 4.39 Å². The van der Waals surface area contributed by atoms with Gasteiger partial charge in [0.25, 0.3) is 0 Å². The summed E-state index contributed by atoms with van der Waals surface area (Å²) < 4.78 is 14.4. The van der Waals surface area contributed by atoms with E-state index in [0.29, 0.717) is 6.54 Å². The molecule has 106 valence electrons. The average Bonchev–Trinajstić information content (AvgIpc) is 2.73. The fraction of sp³-hybridized carbons (Fsp3) is 0.429. The van der Waals surface area contributed by atoms with Gasteiger partial charge in [0.2, 0.25) is 0 Å². The van der Waals surface area contributed by atoms with Crippen LogP contribution in [0.15, 0.2) is 23.6 Å². The molecule has 5 heteroatoms. The number of aliphatic hydroxyl groups excluding tert-OH is 1. The second-order valence-corrected chi connectivity index (χ2v) is 5.31. The van der Waals surface area contributed by atoms with E-state index in [1.165, 1.54) is 6.07 Å². The van der Waals surface area contributed by atoms with Gasteiger partial charge < -0.3 is 5.11 Å². The highest BCUT2D eigenvalue weighted by molar-refractivity contribution is 7.17. The predicted molar refractivity (Wildman–Crippen MR) is 81.7 cm³/mol. The topological polar surface area (TPSA) is 23.5 Å². The van der Waals surface area contributed by atoms with E-state index in [0.717, 1.165) is 35.2 Å². The molecule has 0 saturated heterocycles. The lowest BCUT2D eigenvalue weighted by Crippen LogP contribution is -2.27. The first-order valence-corrected chi connectivity index (χ1v) is 7.11. The summed E-state index contributed by atoms with van der Waals surface area (Å²) in [7, 11) is 0. The number of aliphatic hydroxyl groups is 1. The van der Waals surface area contributed by atoms with Crippen molar-refractivity contribution in [2.45, 2.75) is 19.9 Å². The Labute approximate surface area is 123 Å². The van der Waals surface area contributed by atoms with Crippen molar-refractivity contribution in [2.24, 2.45) is 0 Å². The van der Waals surface area contributed by atoms with E-state index >= 15 is 0 Å². The van der Waals surface area contributed by atoms with Gasteiger partial charge in [-0.1, -0.05) is 6.92 Å². The van der Waals surface area contributed by atoms with Crippen molar-refractivity contribution in [3.8, 4) is 0 Å². The molecule has 0 aliphatic heterocycles. The van der Waals surface area contributed by atoms with Crippen molar-refractivity contribution < 1.29 is 9.50 Å². The van der Waals surface area contributed by atoms with Crippen molar-refractivity contribution >= 4 is 33.8 Å². The molecule has 0 aliphatic rings. The van der Waals surface area contributed by atoms with Gasteiger partial charge in [0.1, 0.15) is 5.82 Å². The van der Waals surface area contributed by atoms with E-state index in [2.05, 4.69) is 17.2 Å². The molecule has 0 atom stereocenters. The molecule has 0 saturated carbocycles. The Morgan fingerprint density at radius 1 is 1.32 bits per heavy atom. The number of rotatable bonds is 6. The van der Waals surface area contributed by atoms with E-state index in [1.807, 2.05) is 6.07 Å². The number of hydrogen-bond acceptors (Lipinski definition) is 3. The van der Waals surface area contributed by atoms with Crippen molar-refractivity contribution in [2.75, 3.05) is 19.7 Å². The van der Waals surface area contributed by atoms with Crippen LogP contribution in [0.5, 0.6) is 0 Å². The van der Waals surface area contributed by atoms with Crippen LogP contribution < -0.4 is 0 Å². The van der Waals surface area contributed by atoms with E-state index in [9.17, 15) is 4.39 Å². The third kappa shape index (κ3) is 4.14. The lowest BCUT2D eigenvalue weighted by atomic mass is 10.1. The standard InChI is InChI=1S/C14H18FNOS.ClH/c1-2-5-16(6-7-17)9-11-10-18-14-4-3-12(15)8-13(11)14;/h3-4,8,10,17H,2,5-7,9H2,1H3;1H. The van der Waals surface area contributed by atoms with E-state index in [1.54, 1.807) is 17.4 Å². The normalized spacial score (nSPS) is 10.9. The fourth-order valence-electron chi connectivity index (χ4n) is 2.14. The zero-order valence-electron chi connectivity index (χ0n) is 10.9. The Balaban J connectivity index is 0.00000180. The summed E-state index contributed by atoms with van der Waals surface area (Å²) in [5.41, 5.74) is 1.15. The summed E-state index contributed by atoms with van der Waals surface area (Å²) in [6.45, 7) is 4.68. The maximum absolute atomic E-state index is 13.3. The summed E-state index contributed by atoms with van der Waals surface area (Å²) in [6, 6.07) is 4.93. The van der Waals surface area contributed by atoms with Crippen molar-refractivity contribution in [1.29, 1.82) is 0 Å². The second-order valence-electron chi connectivity index (χ2n) is 4.40. The lowest BCUT2D eigenvalue weighted by molar-refractivity contribution is 0.191. The molecule has 0 spiro atoms. The molecule has 19 heavy (non-hydrogen) atoms. The lowest BCUT2D eigenvalue weighted by Gasteiger charge is -2.20. The largest absolute Gasteiger partial charge is 0.395 e. The van der Waals surface area contributed by atoms with Crippen LogP contribution in [0.2, 0.25) is 0 Å². The number of halogens is 2. The first-order valence-electron chi connectivity index (χ1n) is 6.23. The third-order valence-electron chi connectivity index (χ3n) is 2.97. The molecule has 1 aromatic heterocycles.